The third-order valence-electron chi connectivity index (χ3n) is 4.15. The van der Waals surface area contributed by atoms with Gasteiger partial charge in [-0.3, -0.25) is 14.5 Å². The van der Waals surface area contributed by atoms with E-state index in [1.54, 1.807) is 6.92 Å². The SMILES string of the molecule is CCOc1cncc(NS(=O)(=O)c2ccccc2C(=O)NCc2ccc(F)cc2F)c1. The van der Waals surface area contributed by atoms with Crippen molar-refractivity contribution >= 4 is 21.6 Å². The molecule has 0 aliphatic carbocycles. The van der Waals surface area contributed by atoms with Gasteiger partial charge in [0.25, 0.3) is 15.9 Å². The van der Waals surface area contributed by atoms with Gasteiger partial charge >= 0.3 is 0 Å². The number of carbonyl (C=O) groups excluding carboxylic acids is 1. The zero-order valence-corrected chi connectivity index (χ0v) is 17.2. The molecular weight excluding hydrogens is 428 g/mol. The third-order valence-corrected chi connectivity index (χ3v) is 5.59. The van der Waals surface area contributed by atoms with Crippen LogP contribution in [0.5, 0.6) is 5.75 Å². The predicted molar refractivity (Wildman–Crippen MR) is 110 cm³/mol. The topological polar surface area (TPSA) is 97.4 Å². The van der Waals surface area contributed by atoms with Crippen LogP contribution < -0.4 is 14.8 Å². The van der Waals surface area contributed by atoms with Gasteiger partial charge in [0.1, 0.15) is 22.3 Å². The minimum Gasteiger partial charge on any atom is -0.492 e. The highest BCUT2D eigenvalue weighted by Crippen LogP contribution is 2.22. The molecule has 7 nitrogen and oxygen atoms in total. The van der Waals surface area contributed by atoms with Crippen molar-refractivity contribution in [1.29, 1.82) is 0 Å². The Bertz CT molecular complexity index is 1200. The standard InChI is InChI=1S/C21H19F2N3O4S/c1-2-30-17-10-16(12-24-13-17)26-31(28,29)20-6-4-3-5-18(20)21(27)25-11-14-7-8-15(22)9-19(14)23/h3-10,12-13,26H,2,11H2,1H3,(H,25,27). The summed E-state index contributed by atoms with van der Waals surface area (Å²) in [6.07, 6.45) is 2.75. The Morgan fingerprint density at radius 3 is 2.61 bits per heavy atom. The van der Waals surface area contributed by atoms with E-state index in [1.165, 1.54) is 48.8 Å². The van der Waals surface area contributed by atoms with E-state index < -0.39 is 27.6 Å². The second-order valence-corrected chi connectivity index (χ2v) is 8.01. The van der Waals surface area contributed by atoms with E-state index >= 15 is 0 Å². The van der Waals surface area contributed by atoms with Crippen LogP contribution in [0.3, 0.4) is 0 Å². The number of sulfonamides is 1. The predicted octanol–water partition coefficient (Wildman–Crippen LogP) is 3.49. The van der Waals surface area contributed by atoms with Gasteiger partial charge in [-0.1, -0.05) is 18.2 Å². The zero-order valence-electron chi connectivity index (χ0n) is 16.4. The van der Waals surface area contributed by atoms with E-state index in [0.717, 1.165) is 6.07 Å². The zero-order chi connectivity index (χ0) is 22.4. The number of aromatic nitrogens is 1. The van der Waals surface area contributed by atoms with Crippen LogP contribution in [0.2, 0.25) is 0 Å². The number of pyridine rings is 1. The smallest absolute Gasteiger partial charge is 0.262 e. The van der Waals surface area contributed by atoms with Gasteiger partial charge in [-0.15, -0.1) is 0 Å². The van der Waals surface area contributed by atoms with E-state index in [9.17, 15) is 22.0 Å². The second-order valence-electron chi connectivity index (χ2n) is 6.36. The van der Waals surface area contributed by atoms with Gasteiger partial charge in [0.05, 0.1) is 30.3 Å². The monoisotopic (exact) mass is 447 g/mol. The van der Waals surface area contributed by atoms with Gasteiger partial charge < -0.3 is 10.1 Å². The minimum atomic E-state index is -4.15. The maximum atomic E-state index is 13.8. The van der Waals surface area contributed by atoms with Crippen molar-refractivity contribution in [3.8, 4) is 5.75 Å². The summed E-state index contributed by atoms with van der Waals surface area (Å²) in [7, 11) is -4.15. The lowest BCUT2D eigenvalue weighted by molar-refractivity contribution is 0.0947. The summed E-state index contributed by atoms with van der Waals surface area (Å²) in [5, 5.41) is 2.45. The van der Waals surface area contributed by atoms with Crippen molar-refractivity contribution in [1.82, 2.24) is 10.3 Å². The number of anilines is 1. The molecule has 0 aliphatic heterocycles. The van der Waals surface area contributed by atoms with Gasteiger partial charge in [0.2, 0.25) is 0 Å². The molecule has 0 atom stereocenters. The molecule has 0 radical (unpaired) electrons. The number of halogens is 2. The molecule has 1 amide bonds. The molecule has 3 rings (SSSR count). The highest BCUT2D eigenvalue weighted by atomic mass is 32.2. The summed E-state index contributed by atoms with van der Waals surface area (Å²) in [5.74, 6) is -1.90. The summed E-state index contributed by atoms with van der Waals surface area (Å²) in [6.45, 7) is 1.92. The van der Waals surface area contributed by atoms with Gasteiger partial charge in [-0.2, -0.15) is 0 Å². The second kappa shape index (κ2) is 9.52. The number of benzene rings is 2. The quantitative estimate of drug-likeness (QED) is 0.551. The number of hydrogen-bond acceptors (Lipinski definition) is 5. The maximum absolute atomic E-state index is 13.8. The number of carbonyl (C=O) groups is 1. The molecule has 10 heteroatoms. The van der Waals surface area contributed by atoms with Crippen molar-refractivity contribution in [2.75, 3.05) is 11.3 Å². The number of hydrogen-bond donors (Lipinski definition) is 2. The molecule has 0 spiro atoms. The molecular formula is C21H19F2N3O4S. The molecule has 0 fully saturated rings. The number of amides is 1. The molecule has 1 heterocycles. The third kappa shape index (κ3) is 5.54. The lowest BCUT2D eigenvalue weighted by Crippen LogP contribution is -2.26. The molecule has 0 bridgehead atoms. The molecule has 162 valence electrons. The van der Waals surface area contributed by atoms with Crippen LogP contribution in [0, 0.1) is 11.6 Å². The molecule has 0 saturated heterocycles. The average Bonchev–Trinajstić information content (AvgIpc) is 2.73. The maximum Gasteiger partial charge on any atom is 0.262 e. The van der Waals surface area contributed by atoms with Crippen molar-refractivity contribution in [2.24, 2.45) is 0 Å². The highest BCUT2D eigenvalue weighted by Gasteiger charge is 2.22. The Morgan fingerprint density at radius 1 is 1.10 bits per heavy atom. The van der Waals surface area contributed by atoms with Crippen LogP contribution in [-0.4, -0.2) is 25.9 Å². The molecule has 31 heavy (non-hydrogen) atoms. The molecule has 3 aromatic rings. The summed E-state index contributed by atoms with van der Waals surface area (Å²) in [4.78, 5) is 16.3. The van der Waals surface area contributed by atoms with Crippen LogP contribution in [0.4, 0.5) is 14.5 Å². The van der Waals surface area contributed by atoms with Crippen molar-refractivity contribution < 1.29 is 26.7 Å². The van der Waals surface area contributed by atoms with Gasteiger partial charge in [0.15, 0.2) is 0 Å². The molecule has 1 aromatic heterocycles. The van der Waals surface area contributed by atoms with Crippen LogP contribution in [0.15, 0.2) is 65.8 Å². The van der Waals surface area contributed by atoms with E-state index in [1.807, 2.05) is 0 Å². The van der Waals surface area contributed by atoms with E-state index in [2.05, 4.69) is 15.0 Å². The Kier molecular flexibility index (Phi) is 6.81. The first-order valence-electron chi connectivity index (χ1n) is 9.22. The Labute approximate surface area is 178 Å². The number of nitrogens with zero attached hydrogens (tertiary/aromatic N) is 1. The molecule has 2 N–H and O–H groups in total. The molecule has 2 aromatic carbocycles. The van der Waals surface area contributed by atoms with E-state index in [-0.39, 0.29) is 28.3 Å². The lowest BCUT2D eigenvalue weighted by Gasteiger charge is -2.13. The van der Waals surface area contributed by atoms with Crippen LogP contribution >= 0.6 is 0 Å². The average molecular weight is 447 g/mol. The first-order chi connectivity index (χ1) is 14.8. The Morgan fingerprint density at radius 2 is 1.87 bits per heavy atom. The van der Waals surface area contributed by atoms with Crippen LogP contribution in [0.25, 0.3) is 0 Å². The minimum absolute atomic E-state index is 0.0621. The van der Waals surface area contributed by atoms with Crippen LogP contribution in [-0.2, 0) is 16.6 Å². The van der Waals surface area contributed by atoms with Crippen molar-refractivity contribution in [3.63, 3.8) is 0 Å². The summed E-state index contributed by atoms with van der Waals surface area (Å²) < 4.78 is 60.3. The molecule has 0 unspecified atom stereocenters. The van der Waals surface area contributed by atoms with E-state index in [4.69, 9.17) is 4.74 Å². The fourth-order valence-corrected chi connectivity index (χ4v) is 3.99. The van der Waals surface area contributed by atoms with Crippen molar-refractivity contribution in [3.05, 3.63) is 83.7 Å². The largest absolute Gasteiger partial charge is 0.492 e. The Hall–Kier alpha value is -3.53. The number of ether oxygens (including phenoxy) is 1. The summed E-state index contributed by atoms with van der Waals surface area (Å²) >= 11 is 0. The normalized spacial score (nSPS) is 11.1. The first kappa shape index (κ1) is 22.2. The van der Waals surface area contributed by atoms with Crippen molar-refractivity contribution in [2.45, 2.75) is 18.4 Å². The molecule has 0 aliphatic rings. The Balaban J connectivity index is 1.81. The summed E-state index contributed by atoms with van der Waals surface area (Å²) in [6, 6.07) is 10.0. The lowest BCUT2D eigenvalue weighted by atomic mass is 10.2. The number of nitrogens with one attached hydrogen (secondary N) is 2. The van der Waals surface area contributed by atoms with Gasteiger partial charge in [0, 0.05) is 24.2 Å². The van der Waals surface area contributed by atoms with Gasteiger partial charge in [-0.05, 0) is 25.1 Å². The molecule has 0 saturated carbocycles. The van der Waals surface area contributed by atoms with Crippen LogP contribution in [0.1, 0.15) is 22.8 Å². The first-order valence-corrected chi connectivity index (χ1v) is 10.7. The highest BCUT2D eigenvalue weighted by molar-refractivity contribution is 7.92. The fourth-order valence-electron chi connectivity index (χ4n) is 2.75. The van der Waals surface area contributed by atoms with Gasteiger partial charge in [-0.25, -0.2) is 17.2 Å². The number of rotatable bonds is 8. The summed E-state index contributed by atoms with van der Waals surface area (Å²) in [5.41, 5.74) is 0.0908. The fraction of sp³-hybridized carbons (Fsp3) is 0.143. The van der Waals surface area contributed by atoms with E-state index in [0.29, 0.717) is 18.4 Å².